The van der Waals surface area contributed by atoms with E-state index in [1.807, 2.05) is 24.3 Å². The molecule has 2 amide bonds. The van der Waals surface area contributed by atoms with Gasteiger partial charge in [-0.2, -0.15) is 0 Å². The normalized spacial score (nSPS) is 14.8. The number of Topliss-reactive ketones (excluding diaryl/α,β-unsaturated/α-hetero) is 1. The number of amides is 2. The summed E-state index contributed by atoms with van der Waals surface area (Å²) >= 11 is 0. The Hall–Kier alpha value is -4.27. The quantitative estimate of drug-likeness (QED) is 0.359. The number of ketones is 1. The molecule has 190 valence electrons. The van der Waals surface area contributed by atoms with Crippen LogP contribution in [0.5, 0.6) is 0 Å². The summed E-state index contributed by atoms with van der Waals surface area (Å²) in [4.78, 5) is 41.0. The Kier molecular flexibility index (Phi) is 7.11. The Balaban J connectivity index is 1.53. The van der Waals surface area contributed by atoms with Crippen molar-refractivity contribution in [1.29, 1.82) is 0 Å². The molecule has 4 aromatic rings. The third kappa shape index (κ3) is 5.30. The first kappa shape index (κ1) is 24.4. The minimum atomic E-state index is -1.04. The van der Waals surface area contributed by atoms with E-state index in [-0.39, 0.29) is 30.2 Å². The number of carbonyl (C=O) groups is 3. The minimum absolute atomic E-state index is 0.0509. The number of nitrogens with one attached hydrogen (secondary N) is 1. The van der Waals surface area contributed by atoms with Crippen LogP contribution in [0.3, 0.4) is 0 Å². The Morgan fingerprint density at radius 2 is 1.78 bits per heavy atom. The Morgan fingerprint density at radius 3 is 2.49 bits per heavy atom. The van der Waals surface area contributed by atoms with Crippen molar-refractivity contribution in [2.75, 3.05) is 4.90 Å². The largest absolute Gasteiger partial charge is 0.467 e. The molecule has 1 atom stereocenters. The summed E-state index contributed by atoms with van der Waals surface area (Å²) in [6.07, 6.45) is 6.58. The molecule has 9 heteroatoms. The molecule has 0 bridgehead atoms. The maximum atomic E-state index is 14.0. The van der Waals surface area contributed by atoms with Gasteiger partial charge in [-0.15, -0.1) is 5.10 Å². The van der Waals surface area contributed by atoms with Gasteiger partial charge in [-0.1, -0.05) is 36.6 Å². The van der Waals surface area contributed by atoms with Gasteiger partial charge in [0.1, 0.15) is 17.8 Å². The van der Waals surface area contributed by atoms with E-state index in [0.717, 1.165) is 32.1 Å². The highest BCUT2D eigenvalue weighted by molar-refractivity contribution is 6.02. The van der Waals surface area contributed by atoms with E-state index in [1.54, 1.807) is 36.4 Å². The molecule has 1 fully saturated rings. The monoisotopic (exact) mass is 499 g/mol. The van der Waals surface area contributed by atoms with Crippen LogP contribution in [0.4, 0.5) is 5.69 Å². The lowest BCUT2D eigenvalue weighted by atomic mass is 9.95. The number of furan rings is 1. The van der Waals surface area contributed by atoms with Crippen molar-refractivity contribution in [2.45, 2.75) is 57.7 Å². The lowest BCUT2D eigenvalue weighted by molar-refractivity contribution is -0.128. The molecule has 2 aromatic carbocycles. The molecule has 37 heavy (non-hydrogen) atoms. The summed E-state index contributed by atoms with van der Waals surface area (Å²) in [6.45, 7) is 1.35. The second kappa shape index (κ2) is 10.8. The number of carbonyl (C=O) groups excluding carboxylic acids is 3. The molecule has 1 aliphatic rings. The van der Waals surface area contributed by atoms with Crippen molar-refractivity contribution >= 4 is 34.3 Å². The van der Waals surface area contributed by atoms with Crippen LogP contribution in [0.25, 0.3) is 11.0 Å². The third-order valence-corrected chi connectivity index (χ3v) is 6.80. The fourth-order valence-electron chi connectivity index (χ4n) is 4.88. The van der Waals surface area contributed by atoms with Crippen molar-refractivity contribution in [3.8, 4) is 0 Å². The minimum Gasteiger partial charge on any atom is -0.467 e. The van der Waals surface area contributed by atoms with Gasteiger partial charge in [0, 0.05) is 17.3 Å². The molecule has 1 saturated carbocycles. The van der Waals surface area contributed by atoms with E-state index in [9.17, 15) is 14.4 Å². The lowest BCUT2D eigenvalue weighted by Crippen LogP contribution is -2.48. The van der Waals surface area contributed by atoms with Crippen LogP contribution in [0, 0.1) is 0 Å². The van der Waals surface area contributed by atoms with E-state index >= 15 is 0 Å². The first-order valence-corrected chi connectivity index (χ1v) is 12.6. The maximum Gasteiger partial charge on any atom is 0.251 e. The highest BCUT2D eigenvalue weighted by Crippen LogP contribution is 2.30. The van der Waals surface area contributed by atoms with Crippen LogP contribution in [-0.4, -0.2) is 38.6 Å². The van der Waals surface area contributed by atoms with Crippen LogP contribution in [0.1, 0.15) is 61.2 Å². The van der Waals surface area contributed by atoms with Crippen LogP contribution in [0.15, 0.2) is 71.3 Å². The Bertz CT molecular complexity index is 1390. The standard InChI is InChI=1S/C28H29N5O4/c1-19(34)20-13-15-22(16-14-20)33(26(35)18-32-24-11-6-5-10-23(24)30-31-32)27(25-12-7-17-37-25)28(36)29-21-8-3-2-4-9-21/h5-7,10-17,21,27H,2-4,8-9,18H2,1H3,(H,29,36). The fourth-order valence-corrected chi connectivity index (χ4v) is 4.88. The van der Waals surface area contributed by atoms with Gasteiger partial charge in [0.2, 0.25) is 5.91 Å². The number of benzene rings is 2. The zero-order chi connectivity index (χ0) is 25.8. The fraction of sp³-hybridized carbons (Fsp3) is 0.321. The van der Waals surface area contributed by atoms with Crippen molar-refractivity contribution in [1.82, 2.24) is 20.3 Å². The van der Waals surface area contributed by atoms with Gasteiger partial charge in [0.15, 0.2) is 11.8 Å². The Morgan fingerprint density at radius 1 is 1.03 bits per heavy atom. The summed E-state index contributed by atoms with van der Waals surface area (Å²) in [6, 6.07) is 16.4. The highest BCUT2D eigenvalue weighted by atomic mass is 16.3. The molecule has 2 aromatic heterocycles. The second-order valence-corrected chi connectivity index (χ2v) is 9.36. The summed E-state index contributed by atoms with van der Waals surface area (Å²) in [5, 5.41) is 11.5. The zero-order valence-electron chi connectivity index (χ0n) is 20.7. The lowest BCUT2D eigenvalue weighted by Gasteiger charge is -2.32. The SMILES string of the molecule is CC(=O)c1ccc(N(C(=O)Cn2nnc3ccccc32)C(C(=O)NC2CCCCC2)c2ccco2)cc1. The molecule has 0 radical (unpaired) electrons. The van der Waals surface area contributed by atoms with Crippen LogP contribution < -0.4 is 10.2 Å². The summed E-state index contributed by atoms with van der Waals surface area (Å²) < 4.78 is 7.20. The molecule has 2 heterocycles. The number of rotatable bonds is 8. The maximum absolute atomic E-state index is 14.0. The average molecular weight is 500 g/mol. The van der Waals surface area contributed by atoms with E-state index in [4.69, 9.17) is 4.42 Å². The van der Waals surface area contributed by atoms with E-state index < -0.39 is 6.04 Å². The second-order valence-electron chi connectivity index (χ2n) is 9.36. The van der Waals surface area contributed by atoms with Crippen LogP contribution >= 0.6 is 0 Å². The third-order valence-electron chi connectivity index (χ3n) is 6.80. The van der Waals surface area contributed by atoms with Gasteiger partial charge in [-0.3, -0.25) is 19.3 Å². The first-order valence-electron chi connectivity index (χ1n) is 12.6. The predicted molar refractivity (Wildman–Crippen MR) is 138 cm³/mol. The van der Waals surface area contributed by atoms with Crippen molar-refractivity contribution < 1.29 is 18.8 Å². The molecule has 0 aliphatic heterocycles. The van der Waals surface area contributed by atoms with Gasteiger partial charge in [0.25, 0.3) is 5.91 Å². The number of aromatic nitrogens is 3. The number of hydrogen-bond donors (Lipinski definition) is 1. The number of hydrogen-bond acceptors (Lipinski definition) is 6. The van der Waals surface area contributed by atoms with Gasteiger partial charge in [0.05, 0.1) is 11.8 Å². The molecule has 0 spiro atoms. The molecular weight excluding hydrogens is 470 g/mol. The van der Waals surface area contributed by atoms with Crippen LogP contribution in [-0.2, 0) is 16.1 Å². The van der Waals surface area contributed by atoms with Crippen LogP contribution in [0.2, 0.25) is 0 Å². The van der Waals surface area contributed by atoms with Crippen molar-refractivity contribution in [2.24, 2.45) is 0 Å². The highest BCUT2D eigenvalue weighted by Gasteiger charge is 2.36. The number of nitrogens with zero attached hydrogens (tertiary/aromatic N) is 4. The molecule has 5 rings (SSSR count). The molecule has 1 N–H and O–H groups in total. The first-order chi connectivity index (χ1) is 18.0. The smallest absolute Gasteiger partial charge is 0.251 e. The van der Waals surface area contributed by atoms with Gasteiger partial charge in [-0.25, -0.2) is 4.68 Å². The number of para-hydroxylation sites is 1. The van der Waals surface area contributed by atoms with Crippen molar-refractivity contribution in [3.05, 3.63) is 78.3 Å². The molecule has 1 aliphatic carbocycles. The Labute approximate surface area is 214 Å². The average Bonchev–Trinajstić information content (AvgIpc) is 3.58. The summed E-state index contributed by atoms with van der Waals surface area (Å²) in [7, 11) is 0. The number of anilines is 1. The molecule has 9 nitrogen and oxygen atoms in total. The molecular formula is C28H29N5O4. The molecule has 1 unspecified atom stereocenters. The van der Waals surface area contributed by atoms with Gasteiger partial charge >= 0.3 is 0 Å². The van der Waals surface area contributed by atoms with E-state index in [2.05, 4.69) is 15.6 Å². The molecule has 0 saturated heterocycles. The predicted octanol–water partition coefficient (Wildman–Crippen LogP) is 4.45. The zero-order valence-corrected chi connectivity index (χ0v) is 20.7. The van der Waals surface area contributed by atoms with Gasteiger partial charge in [-0.05, 0) is 68.3 Å². The van der Waals surface area contributed by atoms with Crippen molar-refractivity contribution in [3.63, 3.8) is 0 Å². The summed E-state index contributed by atoms with van der Waals surface area (Å²) in [5.74, 6) is -0.419. The van der Waals surface area contributed by atoms with E-state index in [0.29, 0.717) is 28.0 Å². The topological polar surface area (TPSA) is 110 Å². The summed E-state index contributed by atoms with van der Waals surface area (Å²) in [5.41, 5.74) is 2.37. The number of fused-ring (bicyclic) bond motifs is 1. The van der Waals surface area contributed by atoms with E-state index in [1.165, 1.54) is 22.8 Å². The van der Waals surface area contributed by atoms with Gasteiger partial charge < -0.3 is 9.73 Å².